The molecule has 3 aromatic heterocycles. The van der Waals surface area contributed by atoms with Gasteiger partial charge in [-0.1, -0.05) is 187 Å². The van der Waals surface area contributed by atoms with Crippen molar-refractivity contribution in [1.82, 2.24) is 4.98 Å². The summed E-state index contributed by atoms with van der Waals surface area (Å²) in [5.74, 6) is 8.34. The average molecular weight is 814 g/mol. The van der Waals surface area contributed by atoms with E-state index in [0.717, 1.165) is 11.5 Å². The van der Waals surface area contributed by atoms with Crippen molar-refractivity contribution in [3.05, 3.63) is 132 Å². The van der Waals surface area contributed by atoms with Crippen molar-refractivity contribution in [3.63, 3.8) is 0 Å². The first kappa shape index (κ1) is 52.1. The average Bonchev–Trinajstić information content (AvgIpc) is 3.95. The maximum Gasteiger partial charge on any atom is 0.106 e. The molecule has 0 saturated heterocycles. The first-order chi connectivity index (χ1) is 26.5. The van der Waals surface area contributed by atoms with Gasteiger partial charge in [-0.25, -0.2) is 4.98 Å². The van der Waals surface area contributed by atoms with Crippen LogP contribution in [0.2, 0.25) is 0 Å². The number of furan rings is 1. The highest BCUT2D eigenvalue weighted by Gasteiger charge is 2.09. The minimum absolute atomic E-state index is 0.502. The van der Waals surface area contributed by atoms with E-state index in [0.29, 0.717) is 59.2 Å². The number of benzene rings is 2. The van der Waals surface area contributed by atoms with E-state index in [1.54, 1.807) is 0 Å². The largest absolute Gasteiger partial charge is 0.466 e. The molecule has 0 atom stereocenters. The lowest BCUT2D eigenvalue weighted by Gasteiger charge is -2.09. The minimum atomic E-state index is 0.502. The van der Waals surface area contributed by atoms with Crippen LogP contribution < -0.4 is 0 Å². The second-order valence-corrected chi connectivity index (χ2v) is 20.7. The number of thiophene rings is 1. The molecule has 318 valence electrons. The third-order valence-corrected chi connectivity index (χ3v) is 13.0. The van der Waals surface area contributed by atoms with Gasteiger partial charge in [0.1, 0.15) is 11.5 Å². The summed E-state index contributed by atoms with van der Waals surface area (Å²) in [5.41, 5.74) is 5.75. The molecule has 0 amide bonds. The maximum absolute atomic E-state index is 5.61. The number of thiazole rings is 1. The van der Waals surface area contributed by atoms with E-state index in [4.69, 9.17) is 4.42 Å². The zero-order chi connectivity index (χ0) is 43.6. The van der Waals surface area contributed by atoms with Gasteiger partial charge in [-0.3, -0.25) is 0 Å². The smallest absolute Gasteiger partial charge is 0.106 e. The van der Waals surface area contributed by atoms with Crippen LogP contribution in [0.4, 0.5) is 0 Å². The maximum atomic E-state index is 5.61. The molecule has 3 heterocycles. The summed E-state index contributed by atoms with van der Waals surface area (Å²) in [5, 5.41) is 1.26. The van der Waals surface area contributed by atoms with Crippen LogP contribution in [0.25, 0.3) is 0 Å². The summed E-state index contributed by atoms with van der Waals surface area (Å²) in [4.78, 5) is 8.77. The van der Waals surface area contributed by atoms with Gasteiger partial charge in [0.15, 0.2) is 0 Å². The standard InChI is InChI=1S/2C12H18.C10H16O.C10H16S.C9H15NS/c1-9(2)11-5-7-12(8-6-11)10(3)4;1-9(2)11-6-5-7-12(8-11)10(3)4;2*1-7(2)9-5-6-10(11-9)8(3)4;1-6(2)8-5-10-9(11-8)7(3)4/h2*5-10H,1-4H3;2*5-8H,1-4H3;5-7H,1-4H3. The quantitative estimate of drug-likeness (QED) is 0.140. The number of aromatic nitrogens is 1. The molecule has 0 radical (unpaired) electrons. The lowest BCUT2D eigenvalue weighted by molar-refractivity contribution is 0.432. The van der Waals surface area contributed by atoms with Gasteiger partial charge in [-0.2, -0.15) is 0 Å². The van der Waals surface area contributed by atoms with Crippen LogP contribution in [0.1, 0.15) is 251 Å². The van der Waals surface area contributed by atoms with Crippen molar-refractivity contribution < 1.29 is 4.42 Å². The Kier molecular flexibility index (Phi) is 23.9. The summed E-state index contributed by atoms with van der Waals surface area (Å²) in [6.07, 6.45) is 2.00. The van der Waals surface area contributed by atoms with Gasteiger partial charge in [0.05, 0.1) is 5.01 Å². The first-order valence-electron chi connectivity index (χ1n) is 21.9. The lowest BCUT2D eigenvalue weighted by Crippen LogP contribution is -1.91. The molecule has 5 aromatic rings. The molecule has 2 aromatic carbocycles. The van der Waals surface area contributed by atoms with E-state index in [1.165, 1.54) is 41.9 Å². The molecule has 0 fully saturated rings. The molecule has 0 unspecified atom stereocenters. The molecule has 0 bridgehead atoms. The second-order valence-electron chi connectivity index (χ2n) is 18.5. The van der Waals surface area contributed by atoms with E-state index < -0.39 is 0 Å². The van der Waals surface area contributed by atoms with Crippen molar-refractivity contribution >= 4 is 22.7 Å². The predicted molar refractivity (Wildman–Crippen MR) is 259 cm³/mol. The monoisotopic (exact) mass is 814 g/mol. The third kappa shape index (κ3) is 19.6. The number of nitrogens with zero attached hydrogens (tertiary/aromatic N) is 1. The van der Waals surface area contributed by atoms with Gasteiger partial charge >= 0.3 is 0 Å². The van der Waals surface area contributed by atoms with E-state index in [2.05, 4.69) is 216 Å². The SMILES string of the molecule is CC(C)c1ccc(C(C)C)cc1.CC(C)c1ccc(C(C)C)o1.CC(C)c1ccc(C(C)C)s1.CC(C)c1cccc(C(C)C)c1.CC(C)c1cnc(C(C)C)s1. The Morgan fingerprint density at radius 1 is 0.351 bits per heavy atom. The summed E-state index contributed by atoms with van der Waals surface area (Å²) < 4.78 is 5.61. The second kappa shape index (κ2) is 26.2. The number of rotatable bonds is 10. The molecule has 0 aliphatic carbocycles. The fourth-order valence-corrected chi connectivity index (χ4v) is 7.30. The van der Waals surface area contributed by atoms with E-state index >= 15 is 0 Å². The summed E-state index contributed by atoms with van der Waals surface area (Å²) in [6.45, 7) is 44.2. The van der Waals surface area contributed by atoms with E-state index in [1.807, 2.05) is 28.9 Å². The highest BCUT2D eigenvalue weighted by atomic mass is 32.1. The molecule has 57 heavy (non-hydrogen) atoms. The normalized spacial score (nSPS) is 11.3. The van der Waals surface area contributed by atoms with Crippen molar-refractivity contribution in [3.8, 4) is 0 Å². The van der Waals surface area contributed by atoms with Crippen molar-refractivity contribution in [2.45, 2.75) is 198 Å². The van der Waals surface area contributed by atoms with Gasteiger partial charge in [0, 0.05) is 38.6 Å². The Labute approximate surface area is 360 Å². The van der Waals surface area contributed by atoms with Gasteiger partial charge in [-0.05, 0) is 87.9 Å². The van der Waals surface area contributed by atoms with Crippen LogP contribution in [0, 0.1) is 0 Å². The van der Waals surface area contributed by atoms with Crippen molar-refractivity contribution in [2.24, 2.45) is 0 Å². The Hall–Kier alpha value is -2.95. The molecule has 0 N–H and O–H groups in total. The van der Waals surface area contributed by atoms with Gasteiger partial charge in [0.25, 0.3) is 0 Å². The number of hydrogen-bond acceptors (Lipinski definition) is 4. The first-order valence-corrected chi connectivity index (χ1v) is 23.5. The topological polar surface area (TPSA) is 26.0 Å². The Bertz CT molecular complexity index is 1520. The molecule has 0 aliphatic rings. The van der Waals surface area contributed by atoms with Gasteiger partial charge in [-0.15, -0.1) is 22.7 Å². The Morgan fingerprint density at radius 2 is 0.719 bits per heavy atom. The fourth-order valence-electron chi connectivity index (χ4n) is 5.36. The molecule has 0 saturated carbocycles. The summed E-state index contributed by atoms with van der Waals surface area (Å²) in [7, 11) is 0. The summed E-state index contributed by atoms with van der Waals surface area (Å²) >= 11 is 3.79. The number of hydrogen-bond donors (Lipinski definition) is 0. The molecule has 0 aliphatic heterocycles. The van der Waals surface area contributed by atoms with Crippen LogP contribution in [-0.2, 0) is 0 Å². The van der Waals surface area contributed by atoms with Crippen LogP contribution in [-0.4, -0.2) is 4.98 Å². The lowest BCUT2D eigenvalue weighted by atomic mass is 9.96. The van der Waals surface area contributed by atoms with Crippen molar-refractivity contribution in [1.29, 1.82) is 0 Å². The van der Waals surface area contributed by atoms with Crippen LogP contribution in [0.3, 0.4) is 0 Å². The van der Waals surface area contributed by atoms with Crippen LogP contribution >= 0.6 is 22.7 Å². The van der Waals surface area contributed by atoms with Crippen molar-refractivity contribution in [2.75, 3.05) is 0 Å². The molecular weight excluding hydrogens is 731 g/mol. The predicted octanol–water partition coefficient (Wildman–Crippen LogP) is 18.8. The van der Waals surface area contributed by atoms with E-state index in [9.17, 15) is 0 Å². The molecule has 5 rings (SSSR count). The van der Waals surface area contributed by atoms with Gasteiger partial charge < -0.3 is 4.42 Å². The van der Waals surface area contributed by atoms with Crippen LogP contribution in [0.15, 0.2) is 83.4 Å². The minimum Gasteiger partial charge on any atom is -0.466 e. The zero-order valence-corrected chi connectivity index (χ0v) is 41.6. The Morgan fingerprint density at radius 3 is 0.947 bits per heavy atom. The van der Waals surface area contributed by atoms with Gasteiger partial charge in [0.2, 0.25) is 0 Å². The molecule has 4 heteroatoms. The van der Waals surface area contributed by atoms with Crippen LogP contribution in [0.5, 0.6) is 0 Å². The zero-order valence-electron chi connectivity index (χ0n) is 40.0. The fraction of sp³-hybridized carbons (Fsp3) is 0.566. The highest BCUT2D eigenvalue weighted by molar-refractivity contribution is 7.12. The molecular formula is C53H83NOS2. The van der Waals surface area contributed by atoms with E-state index in [-0.39, 0.29) is 0 Å². The Balaban J connectivity index is 0.000000356. The summed E-state index contributed by atoms with van der Waals surface area (Å²) in [6, 6.07) is 26.5. The molecule has 2 nitrogen and oxygen atoms in total. The molecule has 0 spiro atoms. The highest BCUT2D eigenvalue weighted by Crippen LogP contribution is 2.29. The third-order valence-electron chi connectivity index (χ3n) is 9.69.